The van der Waals surface area contributed by atoms with Crippen molar-refractivity contribution >= 4 is 6.21 Å². The zero-order valence-electron chi connectivity index (χ0n) is 15.3. The maximum absolute atomic E-state index is 13.3. The molecule has 2 aliphatic rings. The lowest BCUT2D eigenvalue weighted by atomic mass is 9.92. The van der Waals surface area contributed by atoms with Crippen LogP contribution in [-0.2, 0) is 12.7 Å². The van der Waals surface area contributed by atoms with Crippen LogP contribution in [0.3, 0.4) is 0 Å². The van der Waals surface area contributed by atoms with Crippen molar-refractivity contribution in [3.8, 4) is 0 Å². The third-order valence-electron chi connectivity index (χ3n) is 5.26. The van der Waals surface area contributed by atoms with E-state index in [1.807, 2.05) is 10.8 Å². The Bertz CT molecular complexity index is 687. The Morgan fingerprint density at radius 3 is 2.35 bits per heavy atom. The summed E-state index contributed by atoms with van der Waals surface area (Å²) in [6.07, 6.45) is 4.34. The molecule has 0 bridgehead atoms. The number of piperidine rings is 1. The molecule has 2 heterocycles. The van der Waals surface area contributed by atoms with E-state index >= 15 is 0 Å². The molecule has 144 valence electrons. The average Bonchev–Trinajstić information content (AvgIpc) is 2.57. The van der Waals surface area contributed by atoms with Gasteiger partial charge < -0.3 is 21.9 Å². The molecule has 0 saturated carbocycles. The van der Waals surface area contributed by atoms with E-state index in [0.717, 1.165) is 19.5 Å². The van der Waals surface area contributed by atoms with Gasteiger partial charge in [-0.3, -0.25) is 0 Å². The number of hydrogen-bond acceptors (Lipinski definition) is 1. The highest BCUT2D eigenvalue weighted by Crippen LogP contribution is 2.34. The zero-order chi connectivity index (χ0) is 18.1. The molecule has 1 saturated heterocycles. The van der Waals surface area contributed by atoms with Crippen LogP contribution in [0, 0.1) is 0 Å². The largest absolute Gasteiger partial charge is 1.00 e. The lowest BCUT2D eigenvalue weighted by Gasteiger charge is -2.36. The van der Waals surface area contributed by atoms with E-state index in [0.29, 0.717) is 5.56 Å². The van der Waals surface area contributed by atoms with Gasteiger partial charge in [0.25, 0.3) is 0 Å². The summed E-state index contributed by atoms with van der Waals surface area (Å²) < 4.78 is 41.8. The zero-order valence-corrected chi connectivity index (χ0v) is 16.9. The summed E-state index contributed by atoms with van der Waals surface area (Å²) in [4.78, 5) is 2.43. The van der Waals surface area contributed by atoms with Gasteiger partial charge in [-0.05, 0) is 25.3 Å². The minimum atomic E-state index is -4.31. The van der Waals surface area contributed by atoms with Gasteiger partial charge in [-0.15, -0.1) is 0 Å². The van der Waals surface area contributed by atoms with E-state index in [1.54, 1.807) is 12.1 Å². The third-order valence-corrected chi connectivity index (χ3v) is 5.26. The first-order valence-electron chi connectivity index (χ1n) is 8.98. The molecular formula is C20H26BrF3N2. The monoisotopic (exact) mass is 430 g/mol. The van der Waals surface area contributed by atoms with Crippen LogP contribution in [-0.4, -0.2) is 34.3 Å². The minimum absolute atomic E-state index is 0. The van der Waals surface area contributed by atoms with Gasteiger partial charge in [0.05, 0.1) is 12.0 Å². The molecule has 0 radical (unpaired) electrons. The third kappa shape index (κ3) is 4.70. The Labute approximate surface area is 164 Å². The molecule has 6 heteroatoms. The SMILES string of the molecule is CC1(C)CC(N2CCCCC2)=CC=[N+]1Cc1ccccc1C(F)(F)F.[Br-]. The number of hydrogen-bond donors (Lipinski definition) is 0. The van der Waals surface area contributed by atoms with E-state index < -0.39 is 11.7 Å². The second-order valence-corrected chi connectivity index (χ2v) is 7.63. The summed E-state index contributed by atoms with van der Waals surface area (Å²) in [5.74, 6) is 0. The Morgan fingerprint density at radius 2 is 1.73 bits per heavy atom. The topological polar surface area (TPSA) is 6.25 Å². The van der Waals surface area contributed by atoms with Gasteiger partial charge >= 0.3 is 6.18 Å². The van der Waals surface area contributed by atoms with Crippen LogP contribution in [0.5, 0.6) is 0 Å². The van der Waals surface area contributed by atoms with E-state index in [-0.39, 0.29) is 29.1 Å². The molecule has 0 spiro atoms. The second kappa shape index (κ2) is 8.15. The molecule has 0 amide bonds. The van der Waals surface area contributed by atoms with Crippen LogP contribution < -0.4 is 17.0 Å². The van der Waals surface area contributed by atoms with Gasteiger partial charge in [0.2, 0.25) is 0 Å². The smallest absolute Gasteiger partial charge is 0.416 e. The number of nitrogens with zero attached hydrogens (tertiary/aromatic N) is 2. The van der Waals surface area contributed by atoms with Crippen LogP contribution in [0.15, 0.2) is 36.0 Å². The second-order valence-electron chi connectivity index (χ2n) is 7.63. The van der Waals surface area contributed by atoms with Gasteiger partial charge in [0, 0.05) is 44.3 Å². The first-order valence-corrected chi connectivity index (χ1v) is 8.98. The number of benzene rings is 1. The summed E-state index contributed by atoms with van der Waals surface area (Å²) in [7, 11) is 0. The Morgan fingerprint density at radius 1 is 1.08 bits per heavy atom. The Kier molecular flexibility index (Phi) is 6.59. The summed E-state index contributed by atoms with van der Waals surface area (Å²) in [5, 5.41) is 0. The number of halogens is 4. The standard InChI is InChI=1S/C20H26F3N2.BrH/c1-19(2)14-17(24-11-6-3-7-12-24)10-13-25(19)15-16-8-4-5-9-18(16)20(21,22)23;/h4-5,8-10,13H,3,6-7,11-12,14-15H2,1-2H3;1H/q+1;/p-1. The predicted molar refractivity (Wildman–Crippen MR) is 93.7 cm³/mol. The highest BCUT2D eigenvalue weighted by Gasteiger charge is 2.38. The molecule has 0 N–H and O–H groups in total. The van der Waals surface area contributed by atoms with Crippen LogP contribution in [0.4, 0.5) is 13.2 Å². The lowest BCUT2D eigenvalue weighted by Crippen LogP contribution is -3.00. The van der Waals surface area contributed by atoms with Crippen molar-refractivity contribution in [2.45, 2.75) is 57.8 Å². The molecule has 0 aromatic heterocycles. The highest BCUT2D eigenvalue weighted by atomic mass is 79.9. The van der Waals surface area contributed by atoms with Crippen LogP contribution in [0.25, 0.3) is 0 Å². The van der Waals surface area contributed by atoms with Gasteiger partial charge in [0.1, 0.15) is 0 Å². The lowest BCUT2D eigenvalue weighted by molar-refractivity contribution is -0.612. The Hall–Kier alpha value is -1.30. The summed E-state index contributed by atoms with van der Waals surface area (Å²) in [6, 6.07) is 5.88. The van der Waals surface area contributed by atoms with Gasteiger partial charge in [-0.1, -0.05) is 18.2 Å². The summed E-state index contributed by atoms with van der Waals surface area (Å²) in [5.41, 5.74) is 0.893. The highest BCUT2D eigenvalue weighted by molar-refractivity contribution is 5.68. The quantitative estimate of drug-likeness (QED) is 0.663. The average molecular weight is 431 g/mol. The molecule has 0 atom stereocenters. The van der Waals surface area contributed by atoms with E-state index in [1.165, 1.54) is 37.1 Å². The fourth-order valence-electron chi connectivity index (χ4n) is 3.76. The number of rotatable bonds is 3. The first kappa shape index (κ1) is 21.0. The normalized spacial score (nSPS) is 20.1. The minimum Gasteiger partial charge on any atom is -1.00 e. The number of alkyl halides is 3. The molecule has 26 heavy (non-hydrogen) atoms. The van der Waals surface area contributed by atoms with Crippen molar-refractivity contribution in [3.05, 3.63) is 47.2 Å². The van der Waals surface area contributed by atoms with Crippen LogP contribution in [0.1, 0.15) is 50.7 Å². The van der Waals surface area contributed by atoms with Crippen molar-refractivity contribution in [3.63, 3.8) is 0 Å². The van der Waals surface area contributed by atoms with Crippen LogP contribution >= 0.6 is 0 Å². The molecule has 1 fully saturated rings. The predicted octanol–water partition coefficient (Wildman–Crippen LogP) is 1.84. The molecule has 2 nitrogen and oxygen atoms in total. The number of allylic oxidation sites excluding steroid dienone is 1. The molecule has 1 aromatic carbocycles. The van der Waals surface area contributed by atoms with Crippen molar-refractivity contribution in [2.24, 2.45) is 0 Å². The first-order chi connectivity index (χ1) is 11.8. The Balaban J connectivity index is 0.00000243. The van der Waals surface area contributed by atoms with Crippen molar-refractivity contribution in [2.75, 3.05) is 13.1 Å². The van der Waals surface area contributed by atoms with Crippen molar-refractivity contribution in [1.82, 2.24) is 4.90 Å². The maximum Gasteiger partial charge on any atom is 0.416 e. The maximum atomic E-state index is 13.3. The van der Waals surface area contributed by atoms with Crippen molar-refractivity contribution < 1.29 is 34.7 Å². The molecule has 0 aliphatic carbocycles. The fraction of sp³-hybridized carbons (Fsp3) is 0.550. The number of likely N-dealkylation sites (tertiary alicyclic amines) is 1. The summed E-state index contributed by atoms with van der Waals surface area (Å²) in [6.45, 7) is 6.67. The molecule has 2 aliphatic heterocycles. The molecular weight excluding hydrogens is 405 g/mol. The van der Waals surface area contributed by atoms with E-state index in [9.17, 15) is 13.2 Å². The van der Waals surface area contributed by atoms with E-state index in [4.69, 9.17) is 0 Å². The molecule has 0 unspecified atom stereocenters. The fourth-order valence-corrected chi connectivity index (χ4v) is 3.76. The van der Waals surface area contributed by atoms with Gasteiger partial charge in [-0.25, -0.2) is 4.58 Å². The van der Waals surface area contributed by atoms with E-state index in [2.05, 4.69) is 24.8 Å². The van der Waals surface area contributed by atoms with Crippen LogP contribution in [0.2, 0.25) is 0 Å². The van der Waals surface area contributed by atoms with Gasteiger partial charge in [0.15, 0.2) is 18.3 Å². The van der Waals surface area contributed by atoms with Gasteiger partial charge in [-0.2, -0.15) is 13.2 Å². The molecule has 3 rings (SSSR count). The molecule has 1 aromatic rings. The summed E-state index contributed by atoms with van der Waals surface area (Å²) >= 11 is 0. The van der Waals surface area contributed by atoms with Crippen molar-refractivity contribution in [1.29, 1.82) is 0 Å².